The van der Waals surface area contributed by atoms with E-state index in [0.717, 1.165) is 12.0 Å². The van der Waals surface area contributed by atoms with E-state index < -0.39 is 0 Å². The van der Waals surface area contributed by atoms with Crippen molar-refractivity contribution in [2.24, 2.45) is 0 Å². The molecule has 25 heavy (non-hydrogen) atoms. The summed E-state index contributed by atoms with van der Waals surface area (Å²) in [5.41, 5.74) is 1.34. The van der Waals surface area contributed by atoms with Crippen LogP contribution in [0.5, 0.6) is 0 Å². The first kappa shape index (κ1) is 19.2. The topological polar surface area (TPSA) is 64.6 Å². The number of methoxy groups -OCH3 is 1. The van der Waals surface area contributed by atoms with E-state index in [1.165, 1.54) is 45.3 Å². The van der Waals surface area contributed by atoms with Gasteiger partial charge >= 0.3 is 5.97 Å². The van der Waals surface area contributed by atoms with E-state index in [0.29, 0.717) is 24.8 Å². The summed E-state index contributed by atoms with van der Waals surface area (Å²) in [6, 6.07) is 6.89. The zero-order chi connectivity index (χ0) is 17.9. The molecule has 5 nitrogen and oxygen atoms in total. The molecule has 0 spiro atoms. The van der Waals surface area contributed by atoms with Crippen LogP contribution in [0, 0.1) is 0 Å². The molecule has 0 atom stereocenters. The van der Waals surface area contributed by atoms with Gasteiger partial charge in [-0.05, 0) is 43.0 Å². The lowest BCUT2D eigenvalue weighted by molar-refractivity contribution is -0.116. The van der Waals surface area contributed by atoms with Gasteiger partial charge in [-0.2, -0.15) is 0 Å². The molecule has 5 heteroatoms. The number of nitrogens with one attached hydrogen (secondary N) is 1. The van der Waals surface area contributed by atoms with Crippen LogP contribution < -0.4 is 5.32 Å². The average molecular weight is 345 g/mol. The monoisotopic (exact) mass is 345 g/mol. The van der Waals surface area contributed by atoms with Gasteiger partial charge in [0, 0.05) is 19.2 Å². The number of carbonyl (C=O) groups is 2. The molecule has 136 valence electrons. The Labute approximate surface area is 149 Å². The number of amides is 1. The molecule has 0 radical (unpaired) electrons. The Kier molecular flexibility index (Phi) is 8.19. The van der Waals surface area contributed by atoms with Gasteiger partial charge < -0.3 is 14.8 Å². The van der Waals surface area contributed by atoms with E-state index in [1.54, 1.807) is 30.3 Å². The van der Waals surface area contributed by atoms with Gasteiger partial charge in [0.25, 0.3) is 0 Å². The summed E-state index contributed by atoms with van der Waals surface area (Å²) in [5, 5.41) is 2.85. The second-order valence-corrected chi connectivity index (χ2v) is 6.22. The molecule has 0 unspecified atom stereocenters. The van der Waals surface area contributed by atoms with Gasteiger partial charge in [-0.15, -0.1) is 0 Å². The van der Waals surface area contributed by atoms with E-state index in [4.69, 9.17) is 4.74 Å². The SMILES string of the molecule is COC(=O)c1ccc(/C=C/C(=O)NCCCOC2CCCCC2)cc1. The van der Waals surface area contributed by atoms with Crippen molar-refractivity contribution in [2.75, 3.05) is 20.3 Å². The van der Waals surface area contributed by atoms with E-state index >= 15 is 0 Å². The van der Waals surface area contributed by atoms with Crippen LogP contribution in [0.25, 0.3) is 6.08 Å². The highest BCUT2D eigenvalue weighted by atomic mass is 16.5. The molecule has 0 aromatic heterocycles. The molecule has 1 fully saturated rings. The summed E-state index contributed by atoms with van der Waals surface area (Å²) in [6.07, 6.45) is 10.7. The van der Waals surface area contributed by atoms with Crippen molar-refractivity contribution in [1.29, 1.82) is 0 Å². The van der Waals surface area contributed by atoms with Gasteiger partial charge in [0.1, 0.15) is 0 Å². The minimum Gasteiger partial charge on any atom is -0.465 e. The van der Waals surface area contributed by atoms with Gasteiger partial charge in [0.15, 0.2) is 0 Å². The summed E-state index contributed by atoms with van der Waals surface area (Å²) in [7, 11) is 1.35. The molecule has 1 N–H and O–H groups in total. The van der Waals surface area contributed by atoms with Crippen molar-refractivity contribution in [3.05, 3.63) is 41.5 Å². The summed E-state index contributed by atoms with van der Waals surface area (Å²) in [4.78, 5) is 23.1. The molecule has 1 amide bonds. The molecule has 0 bridgehead atoms. The second kappa shape index (κ2) is 10.7. The van der Waals surface area contributed by atoms with Crippen molar-refractivity contribution < 1.29 is 19.1 Å². The molecule has 1 aliphatic rings. The zero-order valence-corrected chi connectivity index (χ0v) is 14.8. The smallest absolute Gasteiger partial charge is 0.337 e. The minimum absolute atomic E-state index is 0.130. The highest BCUT2D eigenvalue weighted by molar-refractivity contribution is 5.92. The van der Waals surface area contributed by atoms with Crippen molar-refractivity contribution >= 4 is 18.0 Å². The van der Waals surface area contributed by atoms with Crippen LogP contribution >= 0.6 is 0 Å². The van der Waals surface area contributed by atoms with Crippen molar-refractivity contribution in [3.8, 4) is 0 Å². The average Bonchev–Trinajstić information content (AvgIpc) is 2.66. The number of hydrogen-bond donors (Lipinski definition) is 1. The van der Waals surface area contributed by atoms with Crippen molar-refractivity contribution in [1.82, 2.24) is 5.32 Å². The van der Waals surface area contributed by atoms with Gasteiger partial charge in [0.2, 0.25) is 5.91 Å². The van der Waals surface area contributed by atoms with Crippen LogP contribution in [0.3, 0.4) is 0 Å². The predicted octanol–water partition coefficient (Wildman–Crippen LogP) is 3.34. The maximum Gasteiger partial charge on any atom is 0.337 e. The molecule has 0 saturated heterocycles. The zero-order valence-electron chi connectivity index (χ0n) is 14.8. The minimum atomic E-state index is -0.372. The van der Waals surface area contributed by atoms with E-state index in [-0.39, 0.29) is 11.9 Å². The fourth-order valence-corrected chi connectivity index (χ4v) is 2.84. The third-order valence-electron chi connectivity index (χ3n) is 4.29. The van der Waals surface area contributed by atoms with Crippen LogP contribution in [0.15, 0.2) is 30.3 Å². The predicted molar refractivity (Wildman–Crippen MR) is 97.3 cm³/mol. The summed E-state index contributed by atoms with van der Waals surface area (Å²) < 4.78 is 10.5. The Morgan fingerprint density at radius 2 is 1.88 bits per heavy atom. The number of hydrogen-bond acceptors (Lipinski definition) is 4. The fourth-order valence-electron chi connectivity index (χ4n) is 2.84. The largest absolute Gasteiger partial charge is 0.465 e. The highest BCUT2D eigenvalue weighted by Gasteiger charge is 2.12. The molecule has 0 heterocycles. The molecule has 1 aromatic carbocycles. The number of benzene rings is 1. The molecule has 1 aromatic rings. The first-order valence-corrected chi connectivity index (χ1v) is 8.95. The maximum absolute atomic E-state index is 11.8. The summed E-state index contributed by atoms with van der Waals surface area (Å²) in [6.45, 7) is 1.31. The Balaban J connectivity index is 1.62. The maximum atomic E-state index is 11.8. The lowest BCUT2D eigenvalue weighted by Gasteiger charge is -2.21. The summed E-state index contributed by atoms with van der Waals surface area (Å²) in [5.74, 6) is -0.501. The lowest BCUT2D eigenvalue weighted by atomic mass is 9.98. The van der Waals surface area contributed by atoms with Gasteiger partial charge in [-0.1, -0.05) is 31.4 Å². The third-order valence-corrected chi connectivity index (χ3v) is 4.29. The molecule has 1 aliphatic carbocycles. The quantitative estimate of drug-likeness (QED) is 0.446. The molecule has 2 rings (SSSR count). The molecule has 1 saturated carbocycles. The Morgan fingerprint density at radius 1 is 1.16 bits per heavy atom. The van der Waals surface area contributed by atoms with Crippen LogP contribution in [-0.2, 0) is 14.3 Å². The fraction of sp³-hybridized carbons (Fsp3) is 0.500. The summed E-state index contributed by atoms with van der Waals surface area (Å²) >= 11 is 0. The van der Waals surface area contributed by atoms with Crippen molar-refractivity contribution in [2.45, 2.75) is 44.6 Å². The Bertz CT molecular complexity index is 574. The van der Waals surface area contributed by atoms with Gasteiger partial charge in [0.05, 0.1) is 18.8 Å². The highest BCUT2D eigenvalue weighted by Crippen LogP contribution is 2.20. The standard InChI is InChI=1S/C20H27NO4/c1-24-20(23)17-11-8-16(9-12-17)10-13-19(22)21-14-5-15-25-18-6-3-2-4-7-18/h8-13,18H,2-7,14-15H2,1H3,(H,21,22)/b13-10+. The number of rotatable bonds is 8. The molecular weight excluding hydrogens is 318 g/mol. The second-order valence-electron chi connectivity index (χ2n) is 6.22. The van der Waals surface area contributed by atoms with E-state index in [9.17, 15) is 9.59 Å². The number of carbonyl (C=O) groups excluding carboxylic acids is 2. The molecular formula is C20H27NO4. The van der Waals surface area contributed by atoms with Crippen LogP contribution in [-0.4, -0.2) is 38.2 Å². The number of esters is 1. The van der Waals surface area contributed by atoms with Crippen LogP contribution in [0.4, 0.5) is 0 Å². The third kappa shape index (κ3) is 7.10. The Hall–Kier alpha value is -2.14. The van der Waals surface area contributed by atoms with Crippen LogP contribution in [0.1, 0.15) is 54.4 Å². The van der Waals surface area contributed by atoms with Crippen LogP contribution in [0.2, 0.25) is 0 Å². The van der Waals surface area contributed by atoms with E-state index in [2.05, 4.69) is 10.1 Å². The van der Waals surface area contributed by atoms with E-state index in [1.807, 2.05) is 0 Å². The van der Waals surface area contributed by atoms with Gasteiger partial charge in [-0.25, -0.2) is 4.79 Å². The lowest BCUT2D eigenvalue weighted by Crippen LogP contribution is -2.24. The first-order valence-electron chi connectivity index (χ1n) is 8.95. The normalized spacial score (nSPS) is 15.2. The van der Waals surface area contributed by atoms with Crippen molar-refractivity contribution in [3.63, 3.8) is 0 Å². The Morgan fingerprint density at radius 3 is 2.56 bits per heavy atom. The molecule has 0 aliphatic heterocycles. The number of ether oxygens (including phenoxy) is 2. The first-order chi connectivity index (χ1) is 12.2. The van der Waals surface area contributed by atoms with Gasteiger partial charge in [-0.3, -0.25) is 4.79 Å².